The van der Waals surface area contributed by atoms with Crippen LogP contribution in [0.4, 0.5) is 0 Å². The van der Waals surface area contributed by atoms with Gasteiger partial charge in [0.05, 0.1) is 6.26 Å². The van der Waals surface area contributed by atoms with Gasteiger partial charge in [-0.1, -0.05) is 13.8 Å². The van der Waals surface area contributed by atoms with Crippen LogP contribution in [0.5, 0.6) is 0 Å². The molecular weight excluding hydrogens is 228 g/mol. The van der Waals surface area contributed by atoms with Gasteiger partial charge in [-0.2, -0.15) is 4.31 Å². The first-order valence-electron chi connectivity index (χ1n) is 5.63. The van der Waals surface area contributed by atoms with Gasteiger partial charge < -0.3 is 4.90 Å². The lowest BCUT2D eigenvalue weighted by molar-refractivity contribution is -0.147. The van der Waals surface area contributed by atoms with Gasteiger partial charge in [-0.3, -0.25) is 4.79 Å². The van der Waals surface area contributed by atoms with E-state index in [1.165, 1.54) is 17.5 Å². The number of sulfonamides is 1. The topological polar surface area (TPSA) is 57.7 Å². The summed E-state index contributed by atoms with van der Waals surface area (Å²) in [6.45, 7) is 6.47. The van der Waals surface area contributed by atoms with Crippen LogP contribution in [0.1, 0.15) is 27.2 Å². The molecule has 3 aliphatic heterocycles. The second kappa shape index (κ2) is 4.71. The van der Waals surface area contributed by atoms with Crippen molar-refractivity contribution in [1.29, 1.82) is 0 Å². The SMILES string of the molecule is CC.CC(=O)N1C2CC1CN(S(C)(=O)=O)C2. The maximum atomic E-state index is 11.3. The molecule has 3 saturated heterocycles. The molecule has 0 aliphatic carbocycles. The van der Waals surface area contributed by atoms with Crippen LogP contribution in [0.3, 0.4) is 0 Å². The zero-order chi connectivity index (χ0) is 12.5. The monoisotopic (exact) mass is 248 g/mol. The maximum absolute atomic E-state index is 11.3. The molecule has 0 radical (unpaired) electrons. The summed E-state index contributed by atoms with van der Waals surface area (Å²) in [5, 5.41) is 0. The molecule has 0 saturated carbocycles. The molecule has 3 rings (SSSR count). The highest BCUT2D eigenvalue weighted by Gasteiger charge is 2.47. The molecule has 2 bridgehead atoms. The highest BCUT2D eigenvalue weighted by atomic mass is 32.2. The Hall–Kier alpha value is -0.620. The van der Waals surface area contributed by atoms with E-state index in [4.69, 9.17) is 0 Å². The van der Waals surface area contributed by atoms with E-state index in [2.05, 4.69) is 0 Å². The molecule has 2 unspecified atom stereocenters. The number of rotatable bonds is 1. The van der Waals surface area contributed by atoms with E-state index < -0.39 is 10.0 Å². The van der Waals surface area contributed by atoms with Crippen molar-refractivity contribution in [3.8, 4) is 0 Å². The minimum atomic E-state index is -3.08. The molecule has 0 aromatic carbocycles. The van der Waals surface area contributed by atoms with E-state index >= 15 is 0 Å². The molecule has 94 valence electrons. The number of carbonyl (C=O) groups excluding carboxylic acids is 1. The Balaban J connectivity index is 0.000000606. The number of amides is 1. The van der Waals surface area contributed by atoms with Crippen LogP contribution < -0.4 is 0 Å². The Kier molecular flexibility index (Phi) is 3.96. The van der Waals surface area contributed by atoms with Crippen molar-refractivity contribution in [2.24, 2.45) is 0 Å². The second-order valence-electron chi connectivity index (χ2n) is 4.05. The molecule has 16 heavy (non-hydrogen) atoms. The lowest BCUT2D eigenvalue weighted by atomic mass is 9.89. The minimum Gasteiger partial charge on any atom is -0.334 e. The Labute approximate surface area is 97.5 Å². The predicted molar refractivity (Wildman–Crippen MR) is 62.5 cm³/mol. The molecular formula is C10H20N2O3S. The summed E-state index contributed by atoms with van der Waals surface area (Å²) >= 11 is 0. The predicted octanol–water partition coefficient (Wildman–Crippen LogP) is 0.277. The van der Waals surface area contributed by atoms with E-state index in [9.17, 15) is 13.2 Å². The molecule has 5 nitrogen and oxygen atoms in total. The Morgan fingerprint density at radius 1 is 1.19 bits per heavy atom. The third-order valence-electron chi connectivity index (χ3n) is 2.99. The molecule has 3 aliphatic rings. The minimum absolute atomic E-state index is 0.0550. The lowest BCUT2D eigenvalue weighted by Crippen LogP contribution is -2.70. The molecule has 0 aromatic rings. The van der Waals surface area contributed by atoms with Gasteiger partial charge in [0.1, 0.15) is 0 Å². The number of hydrogen-bond acceptors (Lipinski definition) is 3. The van der Waals surface area contributed by atoms with Crippen molar-refractivity contribution < 1.29 is 13.2 Å². The number of nitrogens with zero attached hydrogens (tertiary/aromatic N) is 2. The smallest absolute Gasteiger partial charge is 0.220 e. The Bertz CT molecular complexity index is 354. The summed E-state index contributed by atoms with van der Waals surface area (Å²) in [6, 6.07) is 0.224. The molecule has 6 heteroatoms. The first-order valence-corrected chi connectivity index (χ1v) is 7.48. The average Bonchev–Trinajstić information content (AvgIpc) is 2.18. The number of piperidine rings is 1. The van der Waals surface area contributed by atoms with Gasteiger partial charge in [0.15, 0.2) is 0 Å². The summed E-state index contributed by atoms with van der Waals surface area (Å²) in [5.74, 6) is 0.0550. The van der Waals surface area contributed by atoms with Gasteiger partial charge in [-0.15, -0.1) is 0 Å². The quantitative estimate of drug-likeness (QED) is 0.669. The molecule has 0 aromatic heterocycles. The van der Waals surface area contributed by atoms with Crippen LogP contribution in [-0.4, -0.2) is 55.0 Å². The highest BCUT2D eigenvalue weighted by molar-refractivity contribution is 7.88. The first kappa shape index (κ1) is 13.4. The fraction of sp³-hybridized carbons (Fsp3) is 0.900. The largest absolute Gasteiger partial charge is 0.334 e. The van der Waals surface area contributed by atoms with Crippen molar-refractivity contribution in [2.75, 3.05) is 19.3 Å². The van der Waals surface area contributed by atoms with Gasteiger partial charge in [0.2, 0.25) is 15.9 Å². The molecule has 0 N–H and O–H groups in total. The third-order valence-corrected chi connectivity index (χ3v) is 4.23. The first-order chi connectivity index (χ1) is 7.39. The zero-order valence-electron chi connectivity index (χ0n) is 10.3. The Morgan fingerprint density at radius 2 is 1.62 bits per heavy atom. The number of fused-ring (bicyclic) bond motifs is 2. The van der Waals surface area contributed by atoms with E-state index in [0.717, 1.165) is 6.42 Å². The van der Waals surface area contributed by atoms with Crippen LogP contribution in [0.25, 0.3) is 0 Å². The van der Waals surface area contributed by atoms with Crippen LogP contribution in [-0.2, 0) is 14.8 Å². The molecule has 1 amide bonds. The van der Waals surface area contributed by atoms with Crippen LogP contribution in [0.2, 0.25) is 0 Å². The average molecular weight is 248 g/mol. The van der Waals surface area contributed by atoms with Crippen molar-refractivity contribution in [2.45, 2.75) is 39.3 Å². The number of carbonyl (C=O) groups is 1. The van der Waals surface area contributed by atoms with Gasteiger partial charge in [0, 0.05) is 32.1 Å². The summed E-state index contributed by atoms with van der Waals surface area (Å²) in [4.78, 5) is 12.9. The fourth-order valence-electron chi connectivity index (χ4n) is 2.36. The highest BCUT2D eigenvalue weighted by Crippen LogP contribution is 2.32. The zero-order valence-corrected chi connectivity index (χ0v) is 11.1. The van der Waals surface area contributed by atoms with Crippen molar-refractivity contribution in [1.82, 2.24) is 9.21 Å². The summed E-state index contributed by atoms with van der Waals surface area (Å²) < 4.78 is 24.0. The van der Waals surface area contributed by atoms with Gasteiger partial charge in [0.25, 0.3) is 0 Å². The standard InChI is InChI=1S/C8H14N2O3S.C2H6/c1-6(11)10-7-3-8(10)5-9(4-7)14(2,12)13;1-2/h7-8H,3-5H2,1-2H3;1-2H3. The number of piperazine rings is 1. The van der Waals surface area contributed by atoms with Gasteiger partial charge >= 0.3 is 0 Å². The fourth-order valence-corrected chi connectivity index (χ4v) is 3.24. The number of hydrogen-bond donors (Lipinski definition) is 0. The van der Waals surface area contributed by atoms with Crippen molar-refractivity contribution >= 4 is 15.9 Å². The van der Waals surface area contributed by atoms with Crippen LogP contribution in [0.15, 0.2) is 0 Å². The van der Waals surface area contributed by atoms with Crippen molar-refractivity contribution in [3.63, 3.8) is 0 Å². The third kappa shape index (κ3) is 2.38. The summed E-state index contributed by atoms with van der Waals surface area (Å²) in [7, 11) is -3.08. The molecule has 0 spiro atoms. The van der Waals surface area contributed by atoms with E-state index in [1.807, 2.05) is 13.8 Å². The van der Waals surface area contributed by atoms with E-state index in [1.54, 1.807) is 4.90 Å². The maximum Gasteiger partial charge on any atom is 0.220 e. The van der Waals surface area contributed by atoms with Crippen LogP contribution in [0, 0.1) is 0 Å². The lowest BCUT2D eigenvalue weighted by Gasteiger charge is -2.55. The summed E-state index contributed by atoms with van der Waals surface area (Å²) in [6.07, 6.45) is 2.17. The normalized spacial score (nSPS) is 28.9. The van der Waals surface area contributed by atoms with E-state index in [-0.39, 0.29) is 18.0 Å². The molecule has 2 atom stereocenters. The molecule has 3 fully saturated rings. The van der Waals surface area contributed by atoms with Crippen LogP contribution >= 0.6 is 0 Å². The second-order valence-corrected chi connectivity index (χ2v) is 6.03. The molecule has 3 heterocycles. The Morgan fingerprint density at radius 3 is 1.94 bits per heavy atom. The van der Waals surface area contributed by atoms with Crippen molar-refractivity contribution in [3.05, 3.63) is 0 Å². The van der Waals surface area contributed by atoms with Gasteiger partial charge in [-0.05, 0) is 6.42 Å². The summed E-state index contributed by atoms with van der Waals surface area (Å²) in [5.41, 5.74) is 0. The van der Waals surface area contributed by atoms with E-state index in [0.29, 0.717) is 13.1 Å². The van der Waals surface area contributed by atoms with Gasteiger partial charge in [-0.25, -0.2) is 8.42 Å².